The molecule has 2 amide bonds. The second kappa shape index (κ2) is 12.0. The summed E-state index contributed by atoms with van der Waals surface area (Å²) in [6.07, 6.45) is -9.27. The molecule has 0 bridgehead atoms. The second-order valence-corrected chi connectivity index (χ2v) is 12.6. The second-order valence-electron chi connectivity index (χ2n) is 10.3. The van der Waals surface area contributed by atoms with Crippen molar-refractivity contribution in [2.24, 2.45) is 5.92 Å². The topological polar surface area (TPSA) is 74.8 Å². The number of amides is 2. The van der Waals surface area contributed by atoms with E-state index in [0.717, 1.165) is 11.2 Å². The summed E-state index contributed by atoms with van der Waals surface area (Å²) in [5.74, 6) is -3.46. The number of carbonyl (C=O) groups is 2. The van der Waals surface area contributed by atoms with E-state index >= 15 is 0 Å². The van der Waals surface area contributed by atoms with Gasteiger partial charge in [-0.05, 0) is 60.4 Å². The summed E-state index contributed by atoms with van der Waals surface area (Å²) in [5, 5.41) is 0. The molecule has 1 aliphatic heterocycles. The van der Waals surface area contributed by atoms with Gasteiger partial charge in [0.05, 0.1) is 16.9 Å². The molecule has 1 aliphatic rings. The summed E-state index contributed by atoms with van der Waals surface area (Å²) in [5.41, 5.74) is -2.34. The average Bonchev–Trinajstić information content (AvgIpc) is 2.85. The number of likely N-dealkylation sites (tertiary alicyclic amines) is 1. The monoisotopic (exact) mass is 610 g/mol. The fourth-order valence-electron chi connectivity index (χ4n) is 5.02. The summed E-state index contributed by atoms with van der Waals surface area (Å²) < 4.78 is 117. The molecule has 0 aliphatic carbocycles. The standard InChI is InChI=1S/C27H29F7N2O4S/c1-16-10-20(28)4-5-21(16)23-15-36(24(37)7-9-41(3,39)40)8-6-22(23)25(38)35(2)14-17-11-18(26(29,30)31)13-19(12-17)27(32,33)34/h4-5,10-13,22-23H,6-9,14-15H2,1-3H3/t22-,23+/m1/s1. The summed E-state index contributed by atoms with van der Waals surface area (Å²) in [6, 6.07) is 5.01. The Bertz CT molecular complexity index is 1380. The van der Waals surface area contributed by atoms with Gasteiger partial charge in [-0.15, -0.1) is 0 Å². The van der Waals surface area contributed by atoms with Crippen molar-refractivity contribution >= 4 is 21.7 Å². The Labute approximate surface area is 233 Å². The third kappa shape index (κ3) is 8.43. The van der Waals surface area contributed by atoms with Crippen LogP contribution in [0.1, 0.15) is 46.6 Å². The van der Waals surface area contributed by atoms with Gasteiger partial charge >= 0.3 is 12.4 Å². The number of rotatable bonds is 7. The van der Waals surface area contributed by atoms with Gasteiger partial charge in [0, 0.05) is 51.2 Å². The molecule has 0 radical (unpaired) electrons. The van der Waals surface area contributed by atoms with Crippen LogP contribution in [0, 0.1) is 18.7 Å². The zero-order chi connectivity index (χ0) is 30.9. The van der Waals surface area contributed by atoms with Gasteiger partial charge in [-0.3, -0.25) is 9.59 Å². The van der Waals surface area contributed by atoms with E-state index in [1.165, 1.54) is 30.1 Å². The predicted octanol–water partition coefficient (Wildman–Crippen LogP) is 5.20. The summed E-state index contributed by atoms with van der Waals surface area (Å²) in [4.78, 5) is 28.8. The van der Waals surface area contributed by atoms with E-state index in [4.69, 9.17) is 0 Å². The fourth-order valence-corrected chi connectivity index (χ4v) is 5.57. The number of piperidine rings is 1. The smallest absolute Gasteiger partial charge is 0.342 e. The third-order valence-corrected chi connectivity index (χ3v) is 7.99. The molecule has 2 atom stereocenters. The quantitative estimate of drug-likeness (QED) is 0.405. The average molecular weight is 611 g/mol. The Morgan fingerprint density at radius 3 is 2.10 bits per heavy atom. The molecule has 1 heterocycles. The maximum absolute atomic E-state index is 13.8. The molecule has 0 saturated carbocycles. The molecule has 2 aromatic carbocycles. The van der Waals surface area contributed by atoms with Gasteiger partial charge in [-0.2, -0.15) is 26.3 Å². The molecule has 41 heavy (non-hydrogen) atoms. The normalized spacial score (nSPS) is 18.3. The number of benzene rings is 2. The van der Waals surface area contributed by atoms with Crippen molar-refractivity contribution < 1.29 is 48.7 Å². The Balaban J connectivity index is 1.90. The van der Waals surface area contributed by atoms with Gasteiger partial charge in [0.15, 0.2) is 0 Å². The van der Waals surface area contributed by atoms with Gasteiger partial charge in [-0.1, -0.05) is 6.07 Å². The first-order valence-electron chi connectivity index (χ1n) is 12.5. The number of halogens is 7. The van der Waals surface area contributed by atoms with Gasteiger partial charge in [0.1, 0.15) is 15.7 Å². The minimum atomic E-state index is -5.04. The highest BCUT2D eigenvalue weighted by atomic mass is 32.2. The third-order valence-electron chi connectivity index (χ3n) is 7.04. The molecule has 0 unspecified atom stereocenters. The fraction of sp³-hybridized carbons (Fsp3) is 0.481. The van der Waals surface area contributed by atoms with Crippen molar-refractivity contribution in [2.45, 2.75) is 44.6 Å². The number of aryl methyl sites for hydroxylation is 1. The maximum atomic E-state index is 13.8. The molecule has 0 N–H and O–H groups in total. The van der Waals surface area contributed by atoms with Crippen LogP contribution in [-0.4, -0.2) is 62.2 Å². The molecule has 226 valence electrons. The zero-order valence-electron chi connectivity index (χ0n) is 22.4. The molecule has 2 aromatic rings. The molecule has 0 spiro atoms. The number of sulfone groups is 1. The van der Waals surface area contributed by atoms with Crippen LogP contribution in [0.3, 0.4) is 0 Å². The van der Waals surface area contributed by atoms with Crippen LogP contribution in [0.25, 0.3) is 0 Å². The highest BCUT2D eigenvalue weighted by molar-refractivity contribution is 7.90. The van der Waals surface area contributed by atoms with Gasteiger partial charge < -0.3 is 9.80 Å². The lowest BCUT2D eigenvalue weighted by Crippen LogP contribution is -2.48. The van der Waals surface area contributed by atoms with Crippen molar-refractivity contribution in [3.63, 3.8) is 0 Å². The highest BCUT2D eigenvalue weighted by Crippen LogP contribution is 2.38. The minimum Gasteiger partial charge on any atom is -0.342 e. The Hall–Kier alpha value is -3.16. The molecule has 6 nitrogen and oxygen atoms in total. The zero-order valence-corrected chi connectivity index (χ0v) is 23.3. The van der Waals surface area contributed by atoms with Crippen molar-refractivity contribution in [1.29, 1.82) is 0 Å². The summed E-state index contributed by atoms with van der Waals surface area (Å²) in [7, 11) is -2.16. The first kappa shape index (κ1) is 32.4. The van der Waals surface area contributed by atoms with Crippen LogP contribution in [0.15, 0.2) is 36.4 Å². The van der Waals surface area contributed by atoms with E-state index in [0.29, 0.717) is 23.3 Å². The molecule has 1 fully saturated rings. The van der Waals surface area contributed by atoms with Crippen molar-refractivity contribution in [3.8, 4) is 0 Å². The van der Waals surface area contributed by atoms with Gasteiger partial charge in [-0.25, -0.2) is 12.8 Å². The largest absolute Gasteiger partial charge is 0.416 e. The number of hydrogen-bond donors (Lipinski definition) is 0. The van der Waals surface area contributed by atoms with Crippen LogP contribution in [0.2, 0.25) is 0 Å². The van der Waals surface area contributed by atoms with Crippen LogP contribution >= 0.6 is 0 Å². The van der Waals surface area contributed by atoms with Crippen molar-refractivity contribution in [2.75, 3.05) is 32.1 Å². The maximum Gasteiger partial charge on any atom is 0.416 e. The molecule has 0 aromatic heterocycles. The lowest BCUT2D eigenvalue weighted by atomic mass is 9.78. The van der Waals surface area contributed by atoms with Crippen LogP contribution in [0.4, 0.5) is 30.7 Å². The van der Waals surface area contributed by atoms with Gasteiger partial charge in [0.25, 0.3) is 0 Å². The van der Waals surface area contributed by atoms with E-state index in [-0.39, 0.29) is 43.3 Å². The van der Waals surface area contributed by atoms with Crippen LogP contribution < -0.4 is 0 Å². The lowest BCUT2D eigenvalue weighted by Gasteiger charge is -2.40. The predicted molar refractivity (Wildman–Crippen MR) is 136 cm³/mol. The molecular formula is C27H29F7N2O4S. The highest BCUT2D eigenvalue weighted by Gasteiger charge is 2.40. The first-order valence-corrected chi connectivity index (χ1v) is 14.6. The number of nitrogens with zero attached hydrogens (tertiary/aromatic N) is 2. The Morgan fingerprint density at radius 1 is 1.00 bits per heavy atom. The molecule has 1 saturated heterocycles. The summed E-state index contributed by atoms with van der Waals surface area (Å²) in [6.45, 7) is 1.12. The van der Waals surface area contributed by atoms with E-state index in [1.54, 1.807) is 6.92 Å². The first-order chi connectivity index (χ1) is 18.8. The van der Waals surface area contributed by atoms with E-state index in [2.05, 4.69) is 0 Å². The number of carbonyl (C=O) groups excluding carboxylic acids is 2. The van der Waals surface area contributed by atoms with Crippen LogP contribution in [0.5, 0.6) is 0 Å². The molecular weight excluding hydrogens is 581 g/mol. The summed E-state index contributed by atoms with van der Waals surface area (Å²) >= 11 is 0. The number of hydrogen-bond acceptors (Lipinski definition) is 4. The van der Waals surface area contributed by atoms with E-state index < -0.39 is 69.3 Å². The van der Waals surface area contributed by atoms with Crippen molar-refractivity contribution in [3.05, 3.63) is 70.0 Å². The SMILES string of the molecule is Cc1cc(F)ccc1[C@@H]1CN(C(=O)CCS(C)(=O)=O)CC[C@H]1C(=O)N(C)Cc1cc(C(F)(F)F)cc(C(F)(F)F)c1. The Morgan fingerprint density at radius 2 is 1.59 bits per heavy atom. The van der Waals surface area contributed by atoms with E-state index in [9.17, 15) is 48.7 Å². The number of alkyl halides is 6. The van der Waals surface area contributed by atoms with Crippen LogP contribution in [-0.2, 0) is 38.3 Å². The minimum absolute atomic E-state index is 0.00910. The molecule has 14 heteroatoms. The lowest BCUT2D eigenvalue weighted by molar-refractivity contribution is -0.143. The Kier molecular flexibility index (Phi) is 9.46. The van der Waals surface area contributed by atoms with E-state index in [1.807, 2.05) is 0 Å². The van der Waals surface area contributed by atoms with Crippen molar-refractivity contribution in [1.82, 2.24) is 9.80 Å². The van der Waals surface area contributed by atoms with Gasteiger partial charge in [0.2, 0.25) is 11.8 Å². The molecule has 3 rings (SSSR count).